The van der Waals surface area contributed by atoms with Gasteiger partial charge < -0.3 is 14.8 Å². The molecule has 1 saturated heterocycles. The number of nitrogens with one attached hydrogen (secondary N) is 1. The quantitative estimate of drug-likeness (QED) is 0.822. The highest BCUT2D eigenvalue weighted by atomic mass is 32.1. The summed E-state index contributed by atoms with van der Waals surface area (Å²) in [6.07, 6.45) is 1.62. The van der Waals surface area contributed by atoms with Gasteiger partial charge in [-0.15, -0.1) is 0 Å². The zero-order valence-electron chi connectivity index (χ0n) is 16.0. The molecule has 0 aliphatic carbocycles. The summed E-state index contributed by atoms with van der Waals surface area (Å²) in [4.78, 5) is 24.3. The topological polar surface area (TPSA) is 69.6 Å². The molecule has 0 radical (unpaired) electrons. The number of ether oxygens (including phenoxy) is 2. The average molecular weight is 391 g/mol. The Hall–Kier alpha value is -2.12. The number of hydrogen-bond donors (Lipinski definition) is 1. The molecule has 1 amide bonds. The first-order valence-electron chi connectivity index (χ1n) is 9.10. The zero-order valence-corrected chi connectivity index (χ0v) is 16.9. The van der Waals surface area contributed by atoms with Crippen LogP contribution in [0.1, 0.15) is 29.7 Å². The standard InChI is InChI=1S/C20H26N2O4S/c1-14-4-5-17(25-3)16(10-14)20(6-8-26-9-7-20)13-21-18(23)11-22-15(2)12-27-19(22)24/h4-5,10,12H,6-9,11,13H2,1-3H3,(H,21,23). The second-order valence-electron chi connectivity index (χ2n) is 7.10. The molecule has 0 bridgehead atoms. The fourth-order valence-corrected chi connectivity index (χ4v) is 4.34. The summed E-state index contributed by atoms with van der Waals surface area (Å²) in [5.74, 6) is 0.678. The SMILES string of the molecule is COc1ccc(C)cc1C1(CNC(=O)Cn2c(C)csc2=O)CCOCC1. The maximum absolute atomic E-state index is 12.5. The number of aromatic nitrogens is 1. The van der Waals surface area contributed by atoms with Crippen LogP contribution in [-0.2, 0) is 21.5 Å². The first-order valence-corrected chi connectivity index (χ1v) is 9.98. The number of thiazole rings is 1. The van der Waals surface area contributed by atoms with E-state index < -0.39 is 0 Å². The summed E-state index contributed by atoms with van der Waals surface area (Å²) in [7, 11) is 1.67. The van der Waals surface area contributed by atoms with E-state index in [1.807, 2.05) is 19.1 Å². The minimum absolute atomic E-state index is 0.0473. The van der Waals surface area contributed by atoms with Gasteiger partial charge in [-0.1, -0.05) is 29.0 Å². The van der Waals surface area contributed by atoms with Crippen LogP contribution >= 0.6 is 11.3 Å². The molecule has 2 aromatic rings. The van der Waals surface area contributed by atoms with Gasteiger partial charge in [0.25, 0.3) is 0 Å². The summed E-state index contributed by atoms with van der Waals surface area (Å²) < 4.78 is 12.7. The van der Waals surface area contributed by atoms with Crippen molar-refractivity contribution >= 4 is 17.2 Å². The van der Waals surface area contributed by atoms with Crippen LogP contribution in [0.5, 0.6) is 5.75 Å². The van der Waals surface area contributed by atoms with Crippen molar-refractivity contribution in [3.8, 4) is 5.75 Å². The van der Waals surface area contributed by atoms with Crippen LogP contribution in [0.15, 0.2) is 28.4 Å². The molecule has 27 heavy (non-hydrogen) atoms. The molecule has 146 valence electrons. The summed E-state index contributed by atoms with van der Waals surface area (Å²) in [5.41, 5.74) is 2.84. The molecule has 3 rings (SSSR count). The van der Waals surface area contributed by atoms with Crippen LogP contribution in [0.4, 0.5) is 0 Å². The minimum atomic E-state index is -0.236. The zero-order chi connectivity index (χ0) is 19.4. The highest BCUT2D eigenvalue weighted by Crippen LogP contribution is 2.40. The Morgan fingerprint density at radius 2 is 2.07 bits per heavy atom. The van der Waals surface area contributed by atoms with E-state index in [1.54, 1.807) is 12.5 Å². The normalized spacial score (nSPS) is 16.1. The summed E-state index contributed by atoms with van der Waals surface area (Å²) in [5, 5.41) is 4.82. The van der Waals surface area contributed by atoms with Crippen molar-refractivity contribution in [2.45, 2.75) is 38.6 Å². The minimum Gasteiger partial charge on any atom is -0.496 e. The fourth-order valence-electron chi connectivity index (χ4n) is 3.60. The second-order valence-corrected chi connectivity index (χ2v) is 7.92. The number of aryl methyl sites for hydroxylation is 2. The predicted molar refractivity (Wildman–Crippen MR) is 106 cm³/mol. The van der Waals surface area contributed by atoms with E-state index >= 15 is 0 Å². The van der Waals surface area contributed by atoms with Crippen molar-refractivity contribution in [3.05, 3.63) is 50.1 Å². The smallest absolute Gasteiger partial charge is 0.307 e. The second kappa shape index (κ2) is 8.27. The lowest BCUT2D eigenvalue weighted by Crippen LogP contribution is -2.46. The van der Waals surface area contributed by atoms with Gasteiger partial charge in [0.2, 0.25) is 5.91 Å². The molecule has 0 atom stereocenters. The van der Waals surface area contributed by atoms with Crippen LogP contribution in [0, 0.1) is 13.8 Å². The van der Waals surface area contributed by atoms with Gasteiger partial charge >= 0.3 is 4.87 Å². The molecule has 1 aromatic heterocycles. The third-order valence-corrected chi connectivity index (χ3v) is 6.16. The Morgan fingerprint density at radius 1 is 1.33 bits per heavy atom. The molecular weight excluding hydrogens is 364 g/mol. The number of nitrogens with zero attached hydrogens (tertiary/aromatic N) is 1. The number of carbonyl (C=O) groups is 1. The van der Waals surface area contributed by atoms with Crippen molar-refractivity contribution in [1.29, 1.82) is 0 Å². The van der Waals surface area contributed by atoms with Crippen molar-refractivity contribution in [3.63, 3.8) is 0 Å². The average Bonchev–Trinajstić information content (AvgIpc) is 2.99. The number of amides is 1. The van der Waals surface area contributed by atoms with Crippen molar-refractivity contribution < 1.29 is 14.3 Å². The number of methoxy groups -OCH3 is 1. The molecule has 1 N–H and O–H groups in total. The van der Waals surface area contributed by atoms with Gasteiger partial charge in [-0.2, -0.15) is 0 Å². The van der Waals surface area contributed by atoms with Crippen LogP contribution in [-0.4, -0.2) is 37.3 Å². The van der Waals surface area contributed by atoms with Gasteiger partial charge in [0.15, 0.2) is 0 Å². The largest absolute Gasteiger partial charge is 0.496 e. The first kappa shape index (κ1) is 19.6. The Balaban J connectivity index is 1.81. The van der Waals surface area contributed by atoms with Crippen molar-refractivity contribution in [1.82, 2.24) is 9.88 Å². The van der Waals surface area contributed by atoms with E-state index in [2.05, 4.69) is 18.3 Å². The first-order chi connectivity index (χ1) is 12.9. The molecule has 1 aromatic carbocycles. The lowest BCUT2D eigenvalue weighted by atomic mass is 9.73. The van der Waals surface area contributed by atoms with Gasteiger partial charge in [-0.3, -0.25) is 14.2 Å². The molecule has 6 nitrogen and oxygen atoms in total. The monoisotopic (exact) mass is 390 g/mol. The maximum Gasteiger partial charge on any atom is 0.307 e. The number of rotatable bonds is 6. The van der Waals surface area contributed by atoms with E-state index in [1.165, 1.54) is 4.57 Å². The van der Waals surface area contributed by atoms with Crippen LogP contribution in [0.25, 0.3) is 0 Å². The third kappa shape index (κ3) is 4.25. The van der Waals surface area contributed by atoms with Crippen LogP contribution in [0.3, 0.4) is 0 Å². The Labute approximate surface area is 163 Å². The maximum atomic E-state index is 12.5. The Bertz CT molecular complexity index is 865. The van der Waals surface area contributed by atoms with E-state index in [0.29, 0.717) is 19.8 Å². The summed E-state index contributed by atoms with van der Waals surface area (Å²) in [6.45, 7) is 5.73. The number of benzene rings is 1. The molecule has 0 spiro atoms. The van der Waals surface area contributed by atoms with Crippen LogP contribution in [0.2, 0.25) is 0 Å². The molecule has 0 unspecified atom stereocenters. The van der Waals surface area contributed by atoms with Gasteiger partial charge in [0.1, 0.15) is 12.3 Å². The van der Waals surface area contributed by atoms with Gasteiger partial charge in [0, 0.05) is 41.8 Å². The molecular formula is C20H26N2O4S. The molecule has 0 saturated carbocycles. The number of carbonyl (C=O) groups excluding carboxylic acids is 1. The molecule has 1 fully saturated rings. The van der Waals surface area contributed by atoms with E-state index in [-0.39, 0.29) is 22.7 Å². The van der Waals surface area contributed by atoms with Gasteiger partial charge in [-0.05, 0) is 32.8 Å². The molecule has 1 aliphatic rings. The lowest BCUT2D eigenvalue weighted by molar-refractivity contribution is -0.122. The Morgan fingerprint density at radius 3 is 2.70 bits per heavy atom. The highest BCUT2D eigenvalue weighted by Gasteiger charge is 2.37. The van der Waals surface area contributed by atoms with E-state index in [4.69, 9.17) is 9.47 Å². The highest BCUT2D eigenvalue weighted by molar-refractivity contribution is 7.07. The Kier molecular flexibility index (Phi) is 6.01. The summed E-state index contributed by atoms with van der Waals surface area (Å²) in [6, 6.07) is 6.15. The van der Waals surface area contributed by atoms with E-state index in [0.717, 1.165) is 46.7 Å². The fraction of sp³-hybridized carbons (Fsp3) is 0.500. The molecule has 2 heterocycles. The molecule has 1 aliphatic heterocycles. The van der Waals surface area contributed by atoms with Crippen LogP contribution < -0.4 is 14.9 Å². The van der Waals surface area contributed by atoms with Gasteiger partial charge in [0.05, 0.1) is 7.11 Å². The third-order valence-electron chi connectivity index (χ3n) is 5.28. The predicted octanol–water partition coefficient (Wildman–Crippen LogP) is 2.40. The molecule has 7 heteroatoms. The van der Waals surface area contributed by atoms with Gasteiger partial charge in [-0.25, -0.2) is 0 Å². The lowest BCUT2D eigenvalue weighted by Gasteiger charge is -2.38. The van der Waals surface area contributed by atoms with E-state index in [9.17, 15) is 9.59 Å². The number of hydrogen-bond acceptors (Lipinski definition) is 5. The summed E-state index contributed by atoms with van der Waals surface area (Å²) >= 11 is 1.12. The van der Waals surface area contributed by atoms with Crippen molar-refractivity contribution in [2.24, 2.45) is 0 Å². The van der Waals surface area contributed by atoms with Crippen molar-refractivity contribution in [2.75, 3.05) is 26.9 Å².